The van der Waals surface area contributed by atoms with Crippen molar-refractivity contribution in [2.45, 2.75) is 38.5 Å². The van der Waals surface area contributed by atoms with E-state index in [-0.39, 0.29) is 208 Å². The van der Waals surface area contributed by atoms with Crippen molar-refractivity contribution in [1.82, 2.24) is 0 Å². The van der Waals surface area contributed by atoms with Gasteiger partial charge in [-0.25, -0.2) is 0 Å². The molecular formula is C78H60N12O12. The summed E-state index contributed by atoms with van der Waals surface area (Å²) in [6.07, 6.45) is -1.31. The summed E-state index contributed by atoms with van der Waals surface area (Å²) in [6.45, 7) is 0. The van der Waals surface area contributed by atoms with Crippen LogP contribution in [0.5, 0.6) is 69.0 Å². The Balaban J connectivity index is 1.05. The number of hydrogen-bond acceptors (Lipinski definition) is 24. The zero-order chi connectivity index (χ0) is 71.0. The van der Waals surface area contributed by atoms with Crippen LogP contribution in [0.4, 0.5) is 68.2 Å². The molecule has 0 heterocycles. The van der Waals surface area contributed by atoms with Gasteiger partial charge in [-0.3, -0.25) is 0 Å². The van der Waals surface area contributed by atoms with Crippen LogP contribution in [0.15, 0.2) is 280 Å². The molecule has 12 N–H and O–H groups in total. The molecular weight excluding hydrogens is 1300 g/mol. The highest BCUT2D eigenvalue weighted by Gasteiger charge is 2.24. The van der Waals surface area contributed by atoms with E-state index in [0.717, 1.165) is 0 Å². The van der Waals surface area contributed by atoms with Crippen LogP contribution in [-0.4, -0.2) is 61.3 Å². The van der Waals surface area contributed by atoms with E-state index in [1.54, 1.807) is 146 Å². The first kappa shape index (κ1) is 66.5. The Hall–Kier alpha value is -14.2. The molecule has 102 heavy (non-hydrogen) atoms. The molecule has 0 aromatic heterocycles. The fraction of sp³-hybridized carbons (Fsp3) is 0.0769. The quantitative estimate of drug-likeness (QED) is 0.0508. The first-order chi connectivity index (χ1) is 49.3. The Morgan fingerprint density at radius 1 is 0.137 bits per heavy atom. The Morgan fingerprint density at radius 2 is 0.235 bits per heavy atom. The Bertz CT molecular complexity index is 4340. The number of nitrogens with zero attached hydrogens (tertiary/aromatic N) is 12. The molecule has 0 aliphatic heterocycles. The van der Waals surface area contributed by atoms with E-state index in [1.807, 2.05) is 0 Å². The predicted molar refractivity (Wildman–Crippen MR) is 379 cm³/mol. The van der Waals surface area contributed by atoms with Gasteiger partial charge in [0.1, 0.15) is 69.0 Å². The molecule has 12 bridgehead atoms. The summed E-state index contributed by atoms with van der Waals surface area (Å²) >= 11 is 0. The second-order valence-electron chi connectivity index (χ2n) is 24.0. The number of phenols is 12. The van der Waals surface area contributed by atoms with Crippen LogP contribution >= 0.6 is 0 Å². The number of aromatic hydroxyl groups is 12. The van der Waals surface area contributed by atoms with Gasteiger partial charge in [0.25, 0.3) is 0 Å². The summed E-state index contributed by atoms with van der Waals surface area (Å²) in [5.74, 6) is -1.65. The number of phenolic OH excluding ortho intramolecular Hbond substituents is 12. The number of hydrogen-bond donors (Lipinski definition) is 12. The van der Waals surface area contributed by atoms with E-state index in [4.69, 9.17) is 0 Å². The highest BCUT2D eigenvalue weighted by Crippen LogP contribution is 2.45. The zero-order valence-corrected chi connectivity index (χ0v) is 53.8. The monoisotopic (exact) mass is 1360 g/mol. The van der Waals surface area contributed by atoms with E-state index in [2.05, 4.69) is 61.4 Å². The lowest BCUT2D eigenvalue weighted by molar-refractivity contribution is 0.451. The molecule has 0 atom stereocenters. The first-order valence-corrected chi connectivity index (χ1v) is 31.7. The van der Waals surface area contributed by atoms with Gasteiger partial charge < -0.3 is 61.3 Å². The van der Waals surface area contributed by atoms with Crippen molar-refractivity contribution in [3.63, 3.8) is 0 Å². The van der Waals surface area contributed by atoms with Gasteiger partial charge in [-0.2, -0.15) is 61.4 Å². The second-order valence-corrected chi connectivity index (χ2v) is 24.0. The second kappa shape index (κ2) is 29.3. The number of benzene rings is 12. The molecule has 24 nitrogen and oxygen atoms in total. The third kappa shape index (κ3) is 16.1. The molecule has 0 spiro atoms. The van der Waals surface area contributed by atoms with Gasteiger partial charge in [0.05, 0.1) is 68.2 Å². The molecule has 0 radical (unpaired) electrons. The normalized spacial score (nSPS) is 12.7. The van der Waals surface area contributed by atoms with Crippen LogP contribution in [-0.2, 0) is 38.5 Å². The van der Waals surface area contributed by atoms with E-state index >= 15 is 0 Å². The van der Waals surface area contributed by atoms with Crippen molar-refractivity contribution in [2.75, 3.05) is 0 Å². The molecule has 0 amide bonds. The van der Waals surface area contributed by atoms with Gasteiger partial charge in [0.2, 0.25) is 0 Å². The molecule has 12 aromatic rings. The van der Waals surface area contributed by atoms with E-state index in [0.29, 0.717) is 34.1 Å². The summed E-state index contributed by atoms with van der Waals surface area (Å²) in [6, 6.07) is 54.9. The number of fused-ring (bicyclic) bond motifs is 12. The van der Waals surface area contributed by atoms with Crippen LogP contribution in [0.3, 0.4) is 0 Å². The molecule has 504 valence electrons. The van der Waals surface area contributed by atoms with Crippen molar-refractivity contribution >= 4 is 68.2 Å². The standard InChI is InChI=1S/C78H60N12O12/c91-67-13-1-55(2-14-67)79-85-61-31-43-25-45-33-62(86-80-56-3-15-68(92)16-4-56)35-47(74(45)98)27-49-37-64(88-82-58-7-19-70(94)20-8-58)39-51(76(49)100)29-53-41-66(90-84-60-11-23-72(96)24-12-60)42-54(78(53)102)30-52-40-65(89-83-59-9-21-71(95)22-10-59)38-50(77(52)101)28-48-36-63(87-81-57-5-17-69(93)18-6-57)34-46(75(48)99)26-44(32-61)73(43)97/h1-24,31-42,91-102H,25-30H2. The Morgan fingerprint density at radius 3 is 0.343 bits per heavy atom. The van der Waals surface area contributed by atoms with E-state index in [1.165, 1.54) is 72.8 Å². The van der Waals surface area contributed by atoms with Crippen LogP contribution in [0.25, 0.3) is 0 Å². The highest BCUT2D eigenvalue weighted by atomic mass is 16.3. The minimum atomic E-state index is -0.276. The maximum Gasteiger partial charge on any atom is 0.122 e. The Labute approximate surface area is 580 Å². The predicted octanol–water partition coefficient (Wildman–Crippen LogP) is 20.5. The van der Waals surface area contributed by atoms with Gasteiger partial charge in [-0.05, 0) is 218 Å². The fourth-order valence-electron chi connectivity index (χ4n) is 11.5. The maximum atomic E-state index is 12.7. The average Bonchev–Trinajstić information content (AvgIpc) is 0.788. The first-order valence-electron chi connectivity index (χ1n) is 31.7. The minimum Gasteiger partial charge on any atom is -0.508 e. The smallest absolute Gasteiger partial charge is 0.122 e. The van der Waals surface area contributed by atoms with Gasteiger partial charge >= 0.3 is 0 Å². The lowest BCUT2D eigenvalue weighted by atomic mass is 9.90. The van der Waals surface area contributed by atoms with Crippen molar-refractivity contribution in [1.29, 1.82) is 0 Å². The summed E-state index contributed by atoms with van der Waals surface area (Å²) in [4.78, 5) is 0. The van der Waals surface area contributed by atoms with Crippen molar-refractivity contribution < 1.29 is 61.3 Å². The molecule has 0 fully saturated rings. The number of azo groups is 6. The zero-order valence-electron chi connectivity index (χ0n) is 53.8. The van der Waals surface area contributed by atoms with Crippen LogP contribution < -0.4 is 0 Å². The molecule has 13 rings (SSSR count). The molecule has 1 aliphatic rings. The van der Waals surface area contributed by atoms with Crippen LogP contribution in [0, 0.1) is 0 Å². The third-order valence-electron chi connectivity index (χ3n) is 16.6. The van der Waals surface area contributed by atoms with E-state index in [9.17, 15) is 61.3 Å². The summed E-state index contributed by atoms with van der Waals surface area (Å²) in [5.41, 5.74) is 6.02. The summed E-state index contributed by atoms with van der Waals surface area (Å²) in [7, 11) is 0. The van der Waals surface area contributed by atoms with E-state index < -0.39 is 0 Å². The molecule has 0 saturated carbocycles. The molecule has 0 saturated heterocycles. The largest absolute Gasteiger partial charge is 0.508 e. The lowest BCUT2D eigenvalue weighted by Gasteiger charge is -2.18. The van der Waals surface area contributed by atoms with Crippen molar-refractivity contribution in [3.8, 4) is 69.0 Å². The fourth-order valence-corrected chi connectivity index (χ4v) is 11.5. The van der Waals surface area contributed by atoms with Crippen molar-refractivity contribution in [2.24, 2.45) is 61.4 Å². The molecule has 0 unspecified atom stereocenters. The molecule has 24 heteroatoms. The van der Waals surface area contributed by atoms with Crippen molar-refractivity contribution in [3.05, 3.63) is 285 Å². The SMILES string of the molecule is Oc1ccc(N=Nc2cc3c(O)c(c2)Cc2cc(N=Nc4ccc(O)cc4)cc(c2O)Cc2cc(N=Nc4ccc(O)cc4)cc(c2O)Cc2cc(N=Nc4ccc(O)cc4)cc(c2O)Cc2cc(N=Nc4ccc(O)cc4)cc(c2O)Cc2cc(N=Nc4ccc(O)cc4)cc(c2O)C3)cc1. The Kier molecular flexibility index (Phi) is 19.1. The maximum absolute atomic E-state index is 12.7. The molecule has 1 aliphatic carbocycles. The third-order valence-corrected chi connectivity index (χ3v) is 16.6. The number of rotatable bonds is 12. The topological polar surface area (TPSA) is 391 Å². The summed E-state index contributed by atoms with van der Waals surface area (Å²) in [5, 5.41) is 191. The van der Waals surface area contributed by atoms with Crippen LogP contribution in [0.1, 0.15) is 66.8 Å². The minimum absolute atomic E-state index is 0.00145. The van der Waals surface area contributed by atoms with Gasteiger partial charge in [-0.1, -0.05) is 0 Å². The molecule has 12 aromatic carbocycles. The van der Waals surface area contributed by atoms with Gasteiger partial charge in [0.15, 0.2) is 0 Å². The highest BCUT2D eigenvalue weighted by molar-refractivity contribution is 5.66. The lowest BCUT2D eigenvalue weighted by Crippen LogP contribution is -2.01. The van der Waals surface area contributed by atoms with Gasteiger partial charge in [0, 0.05) is 105 Å². The average molecular weight is 1360 g/mol. The van der Waals surface area contributed by atoms with Crippen LogP contribution in [0.2, 0.25) is 0 Å². The summed E-state index contributed by atoms with van der Waals surface area (Å²) < 4.78 is 0. The van der Waals surface area contributed by atoms with Gasteiger partial charge in [-0.15, -0.1) is 0 Å².